The molecule has 0 bridgehead atoms. The Morgan fingerprint density at radius 2 is 2.00 bits per heavy atom. The van der Waals surface area contributed by atoms with Gasteiger partial charge in [-0.2, -0.15) is 0 Å². The van der Waals surface area contributed by atoms with E-state index >= 15 is 0 Å². The van der Waals surface area contributed by atoms with Crippen molar-refractivity contribution in [3.8, 4) is 0 Å². The highest BCUT2D eigenvalue weighted by atomic mass is 14.9. The molecule has 1 heteroatoms. The Balaban J connectivity index is 2.20. The monoisotopic (exact) mass is 231 g/mol. The van der Waals surface area contributed by atoms with Crippen LogP contribution < -0.4 is 5.32 Å². The molecule has 1 aromatic rings. The second-order valence-electron chi connectivity index (χ2n) is 5.36. The predicted molar refractivity (Wildman–Crippen MR) is 74.5 cm³/mol. The molecule has 0 saturated carbocycles. The number of fused-ring (bicyclic) bond motifs is 1. The van der Waals surface area contributed by atoms with Gasteiger partial charge in [-0.3, -0.25) is 0 Å². The maximum absolute atomic E-state index is 3.69. The lowest BCUT2D eigenvalue weighted by Gasteiger charge is -2.14. The molecule has 2 rings (SSSR count). The Hall–Kier alpha value is -0.820. The van der Waals surface area contributed by atoms with Crippen molar-refractivity contribution in [2.45, 2.75) is 58.4 Å². The van der Waals surface area contributed by atoms with Crippen molar-refractivity contribution in [2.75, 3.05) is 6.54 Å². The van der Waals surface area contributed by atoms with Gasteiger partial charge < -0.3 is 5.32 Å². The largest absolute Gasteiger partial charge is 0.310 e. The van der Waals surface area contributed by atoms with E-state index in [1.54, 1.807) is 11.1 Å². The minimum Gasteiger partial charge on any atom is -0.310 e. The van der Waals surface area contributed by atoms with Gasteiger partial charge in [-0.05, 0) is 48.4 Å². The molecule has 0 saturated heterocycles. The van der Waals surface area contributed by atoms with Gasteiger partial charge in [0.15, 0.2) is 0 Å². The summed E-state index contributed by atoms with van der Waals surface area (Å²) in [6.07, 6.45) is 4.93. The SMILES string of the molecule is CCCNC1CC(C)c2ccc(CCC)cc21. The van der Waals surface area contributed by atoms with Gasteiger partial charge in [0, 0.05) is 6.04 Å². The van der Waals surface area contributed by atoms with Crippen LogP contribution in [0.15, 0.2) is 18.2 Å². The molecule has 0 amide bonds. The van der Waals surface area contributed by atoms with Gasteiger partial charge in [0.2, 0.25) is 0 Å². The lowest BCUT2D eigenvalue weighted by Crippen LogP contribution is -2.20. The van der Waals surface area contributed by atoms with E-state index in [9.17, 15) is 0 Å². The van der Waals surface area contributed by atoms with Crippen LogP contribution in [0.25, 0.3) is 0 Å². The van der Waals surface area contributed by atoms with Crippen LogP contribution in [0.5, 0.6) is 0 Å². The summed E-state index contributed by atoms with van der Waals surface area (Å²) in [7, 11) is 0. The molecular weight excluding hydrogens is 206 g/mol. The van der Waals surface area contributed by atoms with Crippen molar-refractivity contribution in [3.63, 3.8) is 0 Å². The highest BCUT2D eigenvalue weighted by Crippen LogP contribution is 2.40. The van der Waals surface area contributed by atoms with Crippen molar-refractivity contribution >= 4 is 0 Å². The van der Waals surface area contributed by atoms with Crippen molar-refractivity contribution in [1.29, 1.82) is 0 Å². The molecule has 17 heavy (non-hydrogen) atoms. The predicted octanol–water partition coefficient (Wildman–Crippen LogP) is 4.19. The summed E-state index contributed by atoms with van der Waals surface area (Å²) in [5.41, 5.74) is 4.64. The maximum atomic E-state index is 3.69. The molecule has 1 N–H and O–H groups in total. The first kappa shape index (κ1) is 12.6. The number of rotatable bonds is 5. The van der Waals surface area contributed by atoms with E-state index < -0.39 is 0 Å². The molecular formula is C16H25N. The lowest BCUT2D eigenvalue weighted by molar-refractivity contribution is 0.505. The van der Waals surface area contributed by atoms with Crippen LogP contribution >= 0.6 is 0 Å². The fourth-order valence-electron chi connectivity index (χ4n) is 2.94. The summed E-state index contributed by atoms with van der Waals surface area (Å²) < 4.78 is 0. The molecule has 0 radical (unpaired) electrons. The topological polar surface area (TPSA) is 12.0 Å². The molecule has 1 aliphatic rings. The second kappa shape index (κ2) is 5.68. The summed E-state index contributed by atoms with van der Waals surface area (Å²) in [4.78, 5) is 0. The molecule has 2 unspecified atom stereocenters. The zero-order valence-corrected chi connectivity index (χ0v) is 11.4. The third-order valence-corrected chi connectivity index (χ3v) is 3.83. The zero-order valence-electron chi connectivity index (χ0n) is 11.4. The van der Waals surface area contributed by atoms with Gasteiger partial charge >= 0.3 is 0 Å². The Bertz CT molecular complexity index is 370. The minimum absolute atomic E-state index is 0.594. The Morgan fingerprint density at radius 3 is 2.71 bits per heavy atom. The van der Waals surface area contributed by atoms with Crippen LogP contribution in [-0.2, 0) is 6.42 Å². The molecule has 0 aliphatic heterocycles. The van der Waals surface area contributed by atoms with Gasteiger partial charge in [0.1, 0.15) is 0 Å². The highest BCUT2D eigenvalue weighted by Gasteiger charge is 2.27. The van der Waals surface area contributed by atoms with E-state index in [4.69, 9.17) is 0 Å². The molecule has 1 aromatic carbocycles. The summed E-state index contributed by atoms with van der Waals surface area (Å²) in [6.45, 7) is 7.98. The van der Waals surface area contributed by atoms with Crippen molar-refractivity contribution < 1.29 is 0 Å². The first-order valence-corrected chi connectivity index (χ1v) is 7.12. The molecule has 2 atom stereocenters. The molecule has 0 heterocycles. The van der Waals surface area contributed by atoms with Gasteiger partial charge in [0.05, 0.1) is 0 Å². The van der Waals surface area contributed by atoms with Crippen LogP contribution in [0.1, 0.15) is 68.7 Å². The number of aryl methyl sites for hydroxylation is 1. The average molecular weight is 231 g/mol. The summed E-state index contributed by atoms with van der Waals surface area (Å²) in [6, 6.07) is 7.71. The average Bonchev–Trinajstić information content (AvgIpc) is 2.64. The molecule has 1 aliphatic carbocycles. The number of hydrogen-bond acceptors (Lipinski definition) is 1. The summed E-state index contributed by atoms with van der Waals surface area (Å²) >= 11 is 0. The maximum Gasteiger partial charge on any atom is 0.0328 e. The third-order valence-electron chi connectivity index (χ3n) is 3.83. The number of benzene rings is 1. The van der Waals surface area contributed by atoms with E-state index in [1.807, 2.05) is 0 Å². The van der Waals surface area contributed by atoms with E-state index in [0.717, 1.165) is 12.5 Å². The minimum atomic E-state index is 0.594. The molecule has 0 fully saturated rings. The Morgan fingerprint density at radius 1 is 1.18 bits per heavy atom. The second-order valence-corrected chi connectivity index (χ2v) is 5.36. The van der Waals surface area contributed by atoms with E-state index in [0.29, 0.717) is 6.04 Å². The lowest BCUT2D eigenvalue weighted by atomic mass is 9.99. The van der Waals surface area contributed by atoms with Crippen molar-refractivity contribution in [3.05, 3.63) is 34.9 Å². The van der Waals surface area contributed by atoms with Gasteiger partial charge in [0.25, 0.3) is 0 Å². The van der Waals surface area contributed by atoms with Crippen molar-refractivity contribution in [2.24, 2.45) is 0 Å². The van der Waals surface area contributed by atoms with Gasteiger partial charge in [-0.25, -0.2) is 0 Å². The summed E-state index contributed by atoms with van der Waals surface area (Å²) in [5.74, 6) is 0.718. The number of hydrogen-bond donors (Lipinski definition) is 1. The highest BCUT2D eigenvalue weighted by molar-refractivity contribution is 5.40. The van der Waals surface area contributed by atoms with Gasteiger partial charge in [-0.15, -0.1) is 0 Å². The molecule has 0 spiro atoms. The van der Waals surface area contributed by atoms with Crippen LogP contribution in [0, 0.1) is 0 Å². The first-order valence-electron chi connectivity index (χ1n) is 7.12. The van der Waals surface area contributed by atoms with E-state index in [1.165, 1.54) is 31.2 Å². The third kappa shape index (κ3) is 2.71. The number of nitrogens with one attached hydrogen (secondary N) is 1. The molecule has 94 valence electrons. The van der Waals surface area contributed by atoms with Crippen LogP contribution in [0.2, 0.25) is 0 Å². The Kier molecular flexibility index (Phi) is 4.22. The van der Waals surface area contributed by atoms with Crippen LogP contribution in [-0.4, -0.2) is 6.54 Å². The van der Waals surface area contributed by atoms with Crippen LogP contribution in [0.4, 0.5) is 0 Å². The first-order chi connectivity index (χ1) is 8.26. The fraction of sp³-hybridized carbons (Fsp3) is 0.625. The Labute approximate surface area is 106 Å². The quantitative estimate of drug-likeness (QED) is 0.801. The van der Waals surface area contributed by atoms with Crippen molar-refractivity contribution in [1.82, 2.24) is 5.32 Å². The van der Waals surface area contributed by atoms with Gasteiger partial charge in [-0.1, -0.05) is 45.4 Å². The van der Waals surface area contributed by atoms with E-state index in [2.05, 4.69) is 44.3 Å². The van der Waals surface area contributed by atoms with Crippen LogP contribution in [0.3, 0.4) is 0 Å². The molecule has 0 aromatic heterocycles. The summed E-state index contributed by atoms with van der Waals surface area (Å²) in [5, 5.41) is 3.69. The van der Waals surface area contributed by atoms with E-state index in [-0.39, 0.29) is 0 Å². The standard InChI is InChI=1S/C16H25N/c1-4-6-13-7-8-14-12(3)10-16(15(14)11-13)17-9-5-2/h7-8,11-12,16-17H,4-6,9-10H2,1-3H3. The zero-order chi connectivity index (χ0) is 12.3. The normalized spacial score (nSPS) is 22.8. The fourth-order valence-corrected chi connectivity index (χ4v) is 2.94. The smallest absolute Gasteiger partial charge is 0.0328 e. The molecule has 1 nitrogen and oxygen atoms in total.